The van der Waals surface area contributed by atoms with Crippen LogP contribution in [0.25, 0.3) is 0 Å². The summed E-state index contributed by atoms with van der Waals surface area (Å²) in [6.07, 6.45) is 0.0614. The molecule has 0 aliphatic heterocycles. The summed E-state index contributed by atoms with van der Waals surface area (Å²) >= 11 is 0. The number of ether oxygens (including phenoxy) is 1. The van der Waals surface area contributed by atoms with Crippen LogP contribution in [-0.4, -0.2) is 73.0 Å². The van der Waals surface area contributed by atoms with Gasteiger partial charge in [-0.25, -0.2) is 9.59 Å². The Morgan fingerprint density at radius 3 is 2.18 bits per heavy atom. The number of carbonyl (C=O) groups is 5. The van der Waals surface area contributed by atoms with Crippen molar-refractivity contribution in [2.24, 2.45) is 17.4 Å². The number of nitrogens with one attached hydrogen (secondary N) is 4. The first-order chi connectivity index (χ1) is 17.6. The van der Waals surface area contributed by atoms with E-state index >= 15 is 0 Å². The molecule has 38 heavy (non-hydrogen) atoms. The monoisotopic (exact) mass is 535 g/mol. The number of nitrogens with two attached hydrogens (primary N) is 2. The summed E-state index contributed by atoms with van der Waals surface area (Å²) in [5.74, 6) is -1.29. The van der Waals surface area contributed by atoms with Crippen LogP contribution < -0.4 is 32.7 Å². The Bertz CT molecular complexity index is 979. The highest BCUT2D eigenvalue weighted by Gasteiger charge is 2.34. The van der Waals surface area contributed by atoms with Gasteiger partial charge in [0.1, 0.15) is 18.2 Å². The SMILES string of the molecule is CC(C)[C@H](NC(=O)C(C)(C)NC(=O)OCc1ccc(NC(=O)[C@@H](N)CCCNC(N)=O)cc1)C(=O)N(C)C. The molecule has 0 aromatic heterocycles. The smallest absolute Gasteiger partial charge is 0.408 e. The molecule has 6 amide bonds. The Kier molecular flexibility index (Phi) is 12.5. The summed E-state index contributed by atoms with van der Waals surface area (Å²) in [5.41, 5.74) is 10.7. The molecular weight excluding hydrogens is 494 g/mol. The van der Waals surface area contributed by atoms with Gasteiger partial charge in [-0.1, -0.05) is 26.0 Å². The molecule has 0 aliphatic carbocycles. The summed E-state index contributed by atoms with van der Waals surface area (Å²) in [7, 11) is 3.21. The maximum Gasteiger partial charge on any atom is 0.408 e. The third-order valence-electron chi connectivity index (χ3n) is 5.56. The van der Waals surface area contributed by atoms with Gasteiger partial charge < -0.3 is 42.4 Å². The quantitative estimate of drug-likeness (QED) is 0.199. The molecule has 212 valence electrons. The molecule has 0 spiro atoms. The molecule has 0 heterocycles. The lowest BCUT2D eigenvalue weighted by Crippen LogP contribution is -2.59. The van der Waals surface area contributed by atoms with Crippen LogP contribution in [0.1, 0.15) is 46.1 Å². The summed E-state index contributed by atoms with van der Waals surface area (Å²) in [6, 6.07) is 4.50. The summed E-state index contributed by atoms with van der Waals surface area (Å²) in [4.78, 5) is 61.8. The molecule has 13 nitrogen and oxygen atoms in total. The lowest BCUT2D eigenvalue weighted by atomic mass is 9.99. The van der Waals surface area contributed by atoms with E-state index in [1.54, 1.807) is 38.4 Å². The Morgan fingerprint density at radius 1 is 1.05 bits per heavy atom. The van der Waals surface area contributed by atoms with Crippen LogP contribution in [0, 0.1) is 5.92 Å². The van der Waals surface area contributed by atoms with E-state index in [1.807, 2.05) is 13.8 Å². The first-order valence-electron chi connectivity index (χ1n) is 12.3. The van der Waals surface area contributed by atoms with Crippen LogP contribution in [0.3, 0.4) is 0 Å². The van der Waals surface area contributed by atoms with Gasteiger partial charge in [-0.3, -0.25) is 14.4 Å². The van der Waals surface area contributed by atoms with Gasteiger partial charge in [0.15, 0.2) is 0 Å². The average molecular weight is 536 g/mol. The van der Waals surface area contributed by atoms with Gasteiger partial charge >= 0.3 is 12.1 Å². The third-order valence-corrected chi connectivity index (χ3v) is 5.56. The molecule has 0 radical (unpaired) electrons. The fourth-order valence-corrected chi connectivity index (χ4v) is 3.19. The minimum absolute atomic E-state index is 0.0716. The molecule has 0 unspecified atom stereocenters. The Labute approximate surface area is 223 Å². The van der Waals surface area contributed by atoms with Gasteiger partial charge in [0, 0.05) is 26.3 Å². The van der Waals surface area contributed by atoms with E-state index in [0.29, 0.717) is 30.6 Å². The topological polar surface area (TPSA) is 198 Å². The second-order valence-corrected chi connectivity index (χ2v) is 9.98. The van der Waals surface area contributed by atoms with E-state index in [1.165, 1.54) is 18.7 Å². The number of amides is 6. The van der Waals surface area contributed by atoms with Crippen molar-refractivity contribution in [2.45, 2.75) is 64.8 Å². The van der Waals surface area contributed by atoms with Crippen molar-refractivity contribution in [3.8, 4) is 0 Å². The van der Waals surface area contributed by atoms with E-state index in [-0.39, 0.29) is 24.3 Å². The molecule has 13 heteroatoms. The maximum atomic E-state index is 12.8. The lowest BCUT2D eigenvalue weighted by Gasteiger charge is -2.30. The van der Waals surface area contributed by atoms with Crippen molar-refractivity contribution < 1.29 is 28.7 Å². The zero-order valence-corrected chi connectivity index (χ0v) is 22.9. The fourth-order valence-electron chi connectivity index (χ4n) is 3.19. The third kappa shape index (κ3) is 11.0. The predicted octanol–water partition coefficient (Wildman–Crippen LogP) is 0.635. The number of alkyl carbamates (subject to hydrolysis) is 1. The van der Waals surface area contributed by atoms with Crippen molar-refractivity contribution in [2.75, 3.05) is 26.0 Å². The van der Waals surface area contributed by atoms with Crippen LogP contribution in [0.15, 0.2) is 24.3 Å². The highest BCUT2D eigenvalue weighted by molar-refractivity contribution is 5.95. The second kappa shape index (κ2) is 14.8. The van der Waals surface area contributed by atoms with Gasteiger partial charge in [-0.05, 0) is 50.3 Å². The molecule has 1 aromatic rings. The van der Waals surface area contributed by atoms with Crippen LogP contribution >= 0.6 is 0 Å². The molecule has 0 saturated heterocycles. The molecule has 1 rings (SSSR count). The van der Waals surface area contributed by atoms with E-state index < -0.39 is 35.7 Å². The highest BCUT2D eigenvalue weighted by Crippen LogP contribution is 2.13. The normalized spacial score (nSPS) is 12.6. The second-order valence-electron chi connectivity index (χ2n) is 9.98. The van der Waals surface area contributed by atoms with Crippen LogP contribution in [-0.2, 0) is 25.7 Å². The molecule has 0 saturated carbocycles. The van der Waals surface area contributed by atoms with Crippen LogP contribution in [0.2, 0.25) is 0 Å². The zero-order chi connectivity index (χ0) is 29.0. The van der Waals surface area contributed by atoms with E-state index in [9.17, 15) is 24.0 Å². The fraction of sp³-hybridized carbons (Fsp3) is 0.560. The van der Waals surface area contributed by atoms with Crippen molar-refractivity contribution in [1.29, 1.82) is 0 Å². The van der Waals surface area contributed by atoms with Crippen LogP contribution in [0.4, 0.5) is 15.3 Å². The summed E-state index contributed by atoms with van der Waals surface area (Å²) in [6.45, 7) is 6.92. The lowest BCUT2D eigenvalue weighted by molar-refractivity contribution is -0.137. The number of rotatable bonds is 13. The Morgan fingerprint density at radius 2 is 1.66 bits per heavy atom. The van der Waals surface area contributed by atoms with Gasteiger partial charge in [0.05, 0.1) is 6.04 Å². The van der Waals surface area contributed by atoms with E-state index in [0.717, 1.165) is 0 Å². The summed E-state index contributed by atoms with van der Waals surface area (Å²) in [5, 5.41) is 10.3. The molecule has 2 atom stereocenters. The maximum absolute atomic E-state index is 12.8. The Balaban J connectivity index is 2.56. The largest absolute Gasteiger partial charge is 0.445 e. The highest BCUT2D eigenvalue weighted by atomic mass is 16.5. The van der Waals surface area contributed by atoms with Gasteiger partial charge in [0.25, 0.3) is 0 Å². The molecular formula is C25H41N7O6. The average Bonchev–Trinajstić information content (AvgIpc) is 2.83. The van der Waals surface area contributed by atoms with Crippen molar-refractivity contribution in [1.82, 2.24) is 20.9 Å². The standard InChI is InChI=1S/C25H41N7O6/c1-15(2)19(21(34)32(5)6)30-22(35)25(3,4)31-24(37)38-14-16-9-11-17(12-10-16)29-20(33)18(26)8-7-13-28-23(27)36/h9-12,15,18-19H,7-8,13-14,26H2,1-6H3,(H,29,33)(H,30,35)(H,31,37)(H3,27,28,36)/t18-,19-/m0/s1. The summed E-state index contributed by atoms with van der Waals surface area (Å²) < 4.78 is 5.23. The van der Waals surface area contributed by atoms with Gasteiger partial charge in [-0.15, -0.1) is 0 Å². The number of hydrogen-bond acceptors (Lipinski definition) is 7. The Hall–Kier alpha value is -3.87. The first kappa shape index (κ1) is 32.2. The number of nitrogens with zero attached hydrogens (tertiary/aromatic N) is 1. The minimum Gasteiger partial charge on any atom is -0.445 e. The minimum atomic E-state index is -1.33. The zero-order valence-electron chi connectivity index (χ0n) is 22.9. The van der Waals surface area contributed by atoms with E-state index in [4.69, 9.17) is 16.2 Å². The molecule has 0 aliphatic rings. The van der Waals surface area contributed by atoms with Crippen molar-refractivity contribution in [3.05, 3.63) is 29.8 Å². The number of anilines is 1. The molecule has 8 N–H and O–H groups in total. The predicted molar refractivity (Wildman–Crippen MR) is 143 cm³/mol. The first-order valence-corrected chi connectivity index (χ1v) is 12.3. The van der Waals surface area contributed by atoms with Crippen molar-refractivity contribution in [3.63, 3.8) is 0 Å². The number of benzene rings is 1. The molecule has 0 fully saturated rings. The van der Waals surface area contributed by atoms with Crippen molar-refractivity contribution >= 4 is 35.5 Å². The van der Waals surface area contributed by atoms with Gasteiger partial charge in [-0.2, -0.15) is 0 Å². The van der Waals surface area contributed by atoms with Gasteiger partial charge in [0.2, 0.25) is 17.7 Å². The number of carbonyl (C=O) groups excluding carboxylic acids is 5. The van der Waals surface area contributed by atoms with Crippen LogP contribution in [0.5, 0.6) is 0 Å². The number of likely N-dealkylation sites (N-methyl/N-ethyl adjacent to an activating group) is 1. The number of hydrogen-bond donors (Lipinski definition) is 6. The number of primary amides is 1. The molecule has 0 bridgehead atoms. The number of urea groups is 1. The molecule has 1 aromatic carbocycles. The van der Waals surface area contributed by atoms with E-state index in [2.05, 4.69) is 21.3 Å².